The third-order valence-corrected chi connectivity index (χ3v) is 6.18. The average Bonchev–Trinajstić information content (AvgIpc) is 3.38. The van der Waals surface area contributed by atoms with Gasteiger partial charge in [0.15, 0.2) is 0 Å². The van der Waals surface area contributed by atoms with Gasteiger partial charge in [-0.3, -0.25) is 9.59 Å². The normalized spacial score (nSPS) is 14.0. The number of aryl methyl sites for hydroxylation is 2. The molecule has 1 saturated heterocycles. The summed E-state index contributed by atoms with van der Waals surface area (Å²) >= 11 is 1.43. The number of amides is 2. The summed E-state index contributed by atoms with van der Waals surface area (Å²) in [5, 5.41) is 4.99. The Kier molecular flexibility index (Phi) is 4.81. The van der Waals surface area contributed by atoms with Crippen LogP contribution in [-0.2, 0) is 4.79 Å². The van der Waals surface area contributed by atoms with Crippen molar-refractivity contribution in [1.29, 1.82) is 0 Å². The molecule has 28 heavy (non-hydrogen) atoms. The molecule has 1 N–H and O–H groups in total. The molecule has 3 heterocycles. The van der Waals surface area contributed by atoms with E-state index >= 15 is 0 Å². The molecule has 0 unspecified atom stereocenters. The molecule has 1 fully saturated rings. The van der Waals surface area contributed by atoms with E-state index in [0.29, 0.717) is 11.3 Å². The number of rotatable bonds is 4. The van der Waals surface area contributed by atoms with E-state index in [4.69, 9.17) is 0 Å². The van der Waals surface area contributed by atoms with Gasteiger partial charge in [-0.2, -0.15) is 0 Å². The number of nitrogens with zero attached hydrogens (tertiary/aromatic N) is 2. The molecular weight excluding hydrogens is 370 g/mol. The molecule has 3 aromatic rings. The zero-order valence-corrected chi connectivity index (χ0v) is 17.1. The third-order valence-electron chi connectivity index (χ3n) is 5.28. The number of benzene rings is 1. The predicted molar refractivity (Wildman–Crippen MR) is 114 cm³/mol. The third kappa shape index (κ3) is 3.14. The molecule has 5 nitrogen and oxygen atoms in total. The number of carbonyl (C=O) groups excluding carboxylic acids is 2. The van der Waals surface area contributed by atoms with Crippen LogP contribution in [0.25, 0.3) is 5.69 Å². The number of anilines is 2. The molecule has 144 valence electrons. The van der Waals surface area contributed by atoms with Crippen LogP contribution in [0.5, 0.6) is 0 Å². The van der Waals surface area contributed by atoms with E-state index in [9.17, 15) is 9.59 Å². The standard InChI is InChI=1S/C22H23N3O2S/c1-14-9-10-15(2)25(14)19-11-13-28-21(19)22(27)23-17-6-4-7-18(16(17)3)24-12-5-8-20(24)26/h4,6-7,9-11,13H,5,8,12H2,1-3H3,(H,23,27). The second kappa shape index (κ2) is 7.28. The zero-order chi connectivity index (χ0) is 19.8. The molecule has 0 spiro atoms. The molecule has 1 aliphatic rings. The van der Waals surface area contributed by atoms with E-state index in [1.807, 2.05) is 55.3 Å². The molecular formula is C22H23N3O2S. The van der Waals surface area contributed by atoms with Crippen molar-refractivity contribution in [2.75, 3.05) is 16.8 Å². The second-order valence-electron chi connectivity index (χ2n) is 7.14. The van der Waals surface area contributed by atoms with Crippen molar-refractivity contribution in [3.05, 3.63) is 63.6 Å². The number of hydrogen-bond acceptors (Lipinski definition) is 3. The van der Waals surface area contributed by atoms with E-state index in [0.717, 1.165) is 47.0 Å². The smallest absolute Gasteiger partial charge is 0.267 e. The van der Waals surface area contributed by atoms with Crippen LogP contribution in [-0.4, -0.2) is 22.9 Å². The molecule has 4 rings (SSSR count). The molecule has 6 heteroatoms. The Morgan fingerprint density at radius 1 is 1.04 bits per heavy atom. The number of nitrogens with one attached hydrogen (secondary N) is 1. The van der Waals surface area contributed by atoms with Crippen LogP contribution in [0.15, 0.2) is 41.8 Å². The van der Waals surface area contributed by atoms with Gasteiger partial charge in [0.25, 0.3) is 5.91 Å². The van der Waals surface area contributed by atoms with Gasteiger partial charge in [0.1, 0.15) is 4.88 Å². The van der Waals surface area contributed by atoms with Gasteiger partial charge in [-0.25, -0.2) is 0 Å². The Balaban J connectivity index is 1.64. The SMILES string of the molecule is Cc1c(NC(=O)c2sccc2-n2c(C)ccc2C)cccc1N1CCCC1=O. The lowest BCUT2D eigenvalue weighted by Gasteiger charge is -2.20. The fourth-order valence-corrected chi connectivity index (χ4v) is 4.60. The van der Waals surface area contributed by atoms with Crippen molar-refractivity contribution in [1.82, 2.24) is 4.57 Å². The number of carbonyl (C=O) groups is 2. The summed E-state index contributed by atoms with van der Waals surface area (Å²) in [5.41, 5.74) is 5.61. The topological polar surface area (TPSA) is 54.3 Å². The Labute approximate surface area is 168 Å². The van der Waals surface area contributed by atoms with Gasteiger partial charge in [-0.15, -0.1) is 11.3 Å². The van der Waals surface area contributed by atoms with Gasteiger partial charge in [0.2, 0.25) is 5.91 Å². The lowest BCUT2D eigenvalue weighted by Crippen LogP contribution is -2.25. The minimum absolute atomic E-state index is 0.134. The van der Waals surface area contributed by atoms with Crippen LogP contribution in [0.1, 0.15) is 39.5 Å². The fourth-order valence-electron chi connectivity index (χ4n) is 3.83. The first-order chi connectivity index (χ1) is 13.5. The lowest BCUT2D eigenvalue weighted by molar-refractivity contribution is -0.117. The van der Waals surface area contributed by atoms with Gasteiger partial charge < -0.3 is 14.8 Å². The summed E-state index contributed by atoms with van der Waals surface area (Å²) in [5.74, 6) is 0.0103. The molecule has 0 radical (unpaired) electrons. The van der Waals surface area contributed by atoms with Crippen LogP contribution < -0.4 is 10.2 Å². The van der Waals surface area contributed by atoms with Crippen molar-refractivity contribution in [2.45, 2.75) is 33.6 Å². The largest absolute Gasteiger partial charge is 0.321 e. The minimum atomic E-state index is -0.134. The van der Waals surface area contributed by atoms with Crippen LogP contribution in [0.4, 0.5) is 11.4 Å². The average molecular weight is 394 g/mol. The Hall–Kier alpha value is -2.86. The maximum absolute atomic E-state index is 13.1. The van der Waals surface area contributed by atoms with Gasteiger partial charge >= 0.3 is 0 Å². The van der Waals surface area contributed by atoms with E-state index in [2.05, 4.69) is 22.0 Å². The van der Waals surface area contributed by atoms with Crippen molar-refractivity contribution in [3.8, 4) is 5.69 Å². The van der Waals surface area contributed by atoms with E-state index in [1.54, 1.807) is 0 Å². The number of aromatic nitrogens is 1. The van der Waals surface area contributed by atoms with E-state index in [1.165, 1.54) is 11.3 Å². The van der Waals surface area contributed by atoms with E-state index < -0.39 is 0 Å². The quantitative estimate of drug-likeness (QED) is 0.689. The zero-order valence-electron chi connectivity index (χ0n) is 16.3. The predicted octanol–water partition coefficient (Wildman–Crippen LogP) is 4.84. The first-order valence-electron chi connectivity index (χ1n) is 9.41. The highest BCUT2D eigenvalue weighted by atomic mass is 32.1. The molecule has 1 aromatic carbocycles. The van der Waals surface area contributed by atoms with Gasteiger partial charge in [-0.05, 0) is 68.5 Å². The van der Waals surface area contributed by atoms with Gasteiger partial charge in [0.05, 0.1) is 5.69 Å². The minimum Gasteiger partial charge on any atom is -0.321 e. The highest BCUT2D eigenvalue weighted by molar-refractivity contribution is 7.12. The van der Waals surface area contributed by atoms with Crippen LogP contribution in [0.2, 0.25) is 0 Å². The molecule has 0 aliphatic carbocycles. The van der Waals surface area contributed by atoms with Crippen LogP contribution >= 0.6 is 11.3 Å². The van der Waals surface area contributed by atoms with Crippen molar-refractivity contribution >= 4 is 34.5 Å². The molecule has 0 bridgehead atoms. The number of thiophene rings is 1. The first-order valence-corrected chi connectivity index (χ1v) is 10.3. The molecule has 0 atom stereocenters. The molecule has 2 aromatic heterocycles. The van der Waals surface area contributed by atoms with Crippen LogP contribution in [0.3, 0.4) is 0 Å². The summed E-state index contributed by atoms with van der Waals surface area (Å²) in [6, 6.07) is 11.8. The monoisotopic (exact) mass is 393 g/mol. The Bertz CT molecular complexity index is 1040. The van der Waals surface area contributed by atoms with Crippen molar-refractivity contribution in [2.24, 2.45) is 0 Å². The maximum Gasteiger partial charge on any atom is 0.267 e. The summed E-state index contributed by atoms with van der Waals surface area (Å²) in [6.45, 7) is 6.75. The highest BCUT2D eigenvalue weighted by Crippen LogP contribution is 2.31. The van der Waals surface area contributed by atoms with Crippen molar-refractivity contribution in [3.63, 3.8) is 0 Å². The summed E-state index contributed by atoms with van der Waals surface area (Å²) in [7, 11) is 0. The maximum atomic E-state index is 13.1. The Morgan fingerprint density at radius 2 is 1.79 bits per heavy atom. The molecule has 0 saturated carbocycles. The lowest BCUT2D eigenvalue weighted by atomic mass is 10.1. The van der Waals surface area contributed by atoms with Gasteiger partial charge in [-0.1, -0.05) is 6.07 Å². The van der Waals surface area contributed by atoms with Gasteiger partial charge in [0, 0.05) is 35.7 Å². The second-order valence-corrected chi connectivity index (χ2v) is 8.06. The number of hydrogen-bond donors (Lipinski definition) is 1. The highest BCUT2D eigenvalue weighted by Gasteiger charge is 2.24. The summed E-state index contributed by atoms with van der Waals surface area (Å²) in [6.07, 6.45) is 1.47. The molecule has 2 amide bonds. The first kappa shape index (κ1) is 18.5. The van der Waals surface area contributed by atoms with Crippen molar-refractivity contribution < 1.29 is 9.59 Å². The summed E-state index contributed by atoms with van der Waals surface area (Å²) in [4.78, 5) is 27.7. The fraction of sp³-hybridized carbons (Fsp3) is 0.273. The molecule has 1 aliphatic heterocycles. The van der Waals surface area contributed by atoms with E-state index in [-0.39, 0.29) is 11.8 Å². The Morgan fingerprint density at radius 3 is 2.46 bits per heavy atom. The van der Waals surface area contributed by atoms with Crippen LogP contribution in [0, 0.1) is 20.8 Å². The summed E-state index contributed by atoms with van der Waals surface area (Å²) < 4.78 is 2.09.